The zero-order valence-electron chi connectivity index (χ0n) is 12.6. The summed E-state index contributed by atoms with van der Waals surface area (Å²) in [6.07, 6.45) is 5.22. The fourth-order valence-electron chi connectivity index (χ4n) is 4.06. The van der Waals surface area contributed by atoms with Crippen molar-refractivity contribution in [3.05, 3.63) is 35.6 Å². The van der Waals surface area contributed by atoms with Crippen LogP contribution < -0.4 is 5.32 Å². The summed E-state index contributed by atoms with van der Waals surface area (Å²) < 4.78 is 13.0. The molecule has 0 radical (unpaired) electrons. The van der Waals surface area contributed by atoms with Gasteiger partial charge >= 0.3 is 0 Å². The van der Waals surface area contributed by atoms with Gasteiger partial charge in [-0.2, -0.15) is 0 Å². The molecule has 116 valence electrons. The lowest BCUT2D eigenvalue weighted by molar-refractivity contribution is 0.0336. The molecule has 0 aromatic heterocycles. The van der Waals surface area contributed by atoms with Crippen LogP contribution in [0.3, 0.4) is 0 Å². The molecule has 0 spiro atoms. The number of hydrogen-bond acceptors (Lipinski definition) is 3. The van der Waals surface area contributed by atoms with Gasteiger partial charge in [-0.05, 0) is 56.8 Å². The summed E-state index contributed by atoms with van der Waals surface area (Å²) in [6.45, 7) is 1.05. The van der Waals surface area contributed by atoms with Crippen molar-refractivity contribution >= 4 is 0 Å². The maximum absolute atomic E-state index is 13.0. The first kappa shape index (κ1) is 14.9. The summed E-state index contributed by atoms with van der Waals surface area (Å²) in [7, 11) is 1.96. The van der Waals surface area contributed by atoms with Crippen LogP contribution in [0.2, 0.25) is 0 Å². The van der Waals surface area contributed by atoms with E-state index in [0.717, 1.165) is 31.4 Å². The van der Waals surface area contributed by atoms with E-state index in [0.29, 0.717) is 12.1 Å². The molecule has 0 saturated carbocycles. The second-order valence-electron chi connectivity index (χ2n) is 6.43. The van der Waals surface area contributed by atoms with E-state index in [-0.39, 0.29) is 18.0 Å². The highest BCUT2D eigenvalue weighted by atomic mass is 19.1. The van der Waals surface area contributed by atoms with Crippen molar-refractivity contribution in [1.82, 2.24) is 10.2 Å². The molecule has 3 atom stereocenters. The Kier molecular flexibility index (Phi) is 4.57. The monoisotopic (exact) mass is 292 g/mol. The number of rotatable bonds is 5. The topological polar surface area (TPSA) is 35.5 Å². The van der Waals surface area contributed by atoms with Gasteiger partial charge in [0, 0.05) is 24.7 Å². The Morgan fingerprint density at radius 3 is 2.43 bits per heavy atom. The number of benzene rings is 1. The van der Waals surface area contributed by atoms with Gasteiger partial charge < -0.3 is 10.4 Å². The molecule has 1 aromatic rings. The van der Waals surface area contributed by atoms with Crippen molar-refractivity contribution in [2.75, 3.05) is 13.6 Å². The summed E-state index contributed by atoms with van der Waals surface area (Å²) >= 11 is 0. The molecule has 2 aliphatic heterocycles. The Morgan fingerprint density at radius 1 is 1.24 bits per heavy atom. The first-order valence-corrected chi connectivity index (χ1v) is 8.04. The molecule has 0 amide bonds. The first-order valence-electron chi connectivity index (χ1n) is 8.04. The normalized spacial score (nSPS) is 30.5. The third-order valence-corrected chi connectivity index (χ3v) is 5.16. The molecule has 1 aromatic carbocycles. The van der Waals surface area contributed by atoms with Crippen molar-refractivity contribution in [3.63, 3.8) is 0 Å². The van der Waals surface area contributed by atoms with E-state index in [1.54, 1.807) is 0 Å². The van der Waals surface area contributed by atoms with E-state index in [1.807, 2.05) is 19.2 Å². The number of piperidine rings is 1. The van der Waals surface area contributed by atoms with Crippen molar-refractivity contribution in [2.45, 2.75) is 56.3 Å². The highest BCUT2D eigenvalue weighted by Crippen LogP contribution is 2.36. The SMILES string of the molecule is CNC(CCN1C2CCC1CC(O)C2)c1ccc(F)cc1. The molecular formula is C17H25FN2O. The van der Waals surface area contributed by atoms with Gasteiger partial charge in [0.15, 0.2) is 0 Å². The smallest absolute Gasteiger partial charge is 0.123 e. The molecule has 2 aliphatic rings. The molecule has 0 aliphatic carbocycles. The molecule has 2 N–H and O–H groups in total. The fraction of sp³-hybridized carbons (Fsp3) is 0.647. The van der Waals surface area contributed by atoms with Crippen molar-refractivity contribution in [2.24, 2.45) is 0 Å². The van der Waals surface area contributed by atoms with Crippen LogP contribution in [0.4, 0.5) is 4.39 Å². The molecule has 3 rings (SSSR count). The van der Waals surface area contributed by atoms with E-state index in [1.165, 1.54) is 25.0 Å². The molecule has 3 unspecified atom stereocenters. The average molecular weight is 292 g/mol. The van der Waals surface area contributed by atoms with Gasteiger partial charge in [-0.3, -0.25) is 4.90 Å². The molecule has 2 saturated heterocycles. The maximum Gasteiger partial charge on any atom is 0.123 e. The number of aliphatic hydroxyl groups excluding tert-OH is 1. The highest BCUT2D eigenvalue weighted by Gasteiger charge is 2.39. The average Bonchev–Trinajstić information content (AvgIpc) is 2.72. The zero-order valence-corrected chi connectivity index (χ0v) is 12.6. The molecule has 2 bridgehead atoms. The second kappa shape index (κ2) is 6.42. The van der Waals surface area contributed by atoms with Gasteiger partial charge in [-0.15, -0.1) is 0 Å². The first-order chi connectivity index (χ1) is 10.2. The Hall–Kier alpha value is -0.970. The number of nitrogens with zero attached hydrogens (tertiary/aromatic N) is 1. The summed E-state index contributed by atoms with van der Waals surface area (Å²) in [5, 5.41) is 13.2. The molecule has 2 fully saturated rings. The summed E-state index contributed by atoms with van der Waals surface area (Å²) in [4.78, 5) is 2.58. The molecular weight excluding hydrogens is 267 g/mol. The van der Waals surface area contributed by atoms with Gasteiger partial charge in [0.1, 0.15) is 5.82 Å². The summed E-state index contributed by atoms with van der Waals surface area (Å²) in [5.41, 5.74) is 1.14. The molecule has 4 heteroatoms. The predicted octanol–water partition coefficient (Wildman–Crippen LogP) is 2.46. The quantitative estimate of drug-likeness (QED) is 0.875. The summed E-state index contributed by atoms with van der Waals surface area (Å²) in [6, 6.07) is 8.17. The van der Waals surface area contributed by atoms with Gasteiger partial charge in [-0.1, -0.05) is 12.1 Å². The Bertz CT molecular complexity index is 450. The van der Waals surface area contributed by atoms with Crippen LogP contribution in [0.5, 0.6) is 0 Å². The van der Waals surface area contributed by atoms with Crippen LogP contribution in [0.15, 0.2) is 24.3 Å². The standard InChI is InChI=1S/C17H25FN2O/c1-19-17(12-2-4-13(18)5-3-12)8-9-20-14-6-7-15(20)11-16(21)10-14/h2-5,14-17,19,21H,6-11H2,1H3. The van der Waals surface area contributed by atoms with Crippen molar-refractivity contribution in [1.29, 1.82) is 0 Å². The maximum atomic E-state index is 13.0. The Labute approximate surface area is 126 Å². The van der Waals surface area contributed by atoms with E-state index in [4.69, 9.17) is 0 Å². The highest BCUT2D eigenvalue weighted by molar-refractivity contribution is 5.20. The fourth-order valence-corrected chi connectivity index (χ4v) is 4.06. The van der Waals surface area contributed by atoms with Crippen molar-refractivity contribution < 1.29 is 9.50 Å². The lowest BCUT2D eigenvalue weighted by Gasteiger charge is -2.37. The third-order valence-electron chi connectivity index (χ3n) is 5.16. The molecule has 2 heterocycles. The predicted molar refractivity (Wildman–Crippen MR) is 81.6 cm³/mol. The van der Waals surface area contributed by atoms with Crippen LogP contribution in [0.1, 0.15) is 43.7 Å². The van der Waals surface area contributed by atoms with Crippen LogP contribution in [-0.2, 0) is 0 Å². The molecule has 21 heavy (non-hydrogen) atoms. The molecule has 3 nitrogen and oxygen atoms in total. The number of hydrogen-bond donors (Lipinski definition) is 2. The largest absolute Gasteiger partial charge is 0.393 e. The minimum absolute atomic E-state index is 0.101. The van der Waals surface area contributed by atoms with Crippen LogP contribution >= 0.6 is 0 Å². The Balaban J connectivity index is 1.60. The van der Waals surface area contributed by atoms with E-state index in [9.17, 15) is 9.50 Å². The zero-order chi connectivity index (χ0) is 14.8. The minimum Gasteiger partial charge on any atom is -0.393 e. The minimum atomic E-state index is -0.184. The van der Waals surface area contributed by atoms with Crippen LogP contribution in [-0.4, -0.2) is 41.8 Å². The second-order valence-corrected chi connectivity index (χ2v) is 6.43. The number of aliphatic hydroxyl groups is 1. The van der Waals surface area contributed by atoms with Crippen LogP contribution in [0.25, 0.3) is 0 Å². The summed E-state index contributed by atoms with van der Waals surface area (Å²) in [5.74, 6) is -0.184. The van der Waals surface area contributed by atoms with E-state index in [2.05, 4.69) is 10.2 Å². The van der Waals surface area contributed by atoms with E-state index >= 15 is 0 Å². The number of fused-ring (bicyclic) bond motifs is 2. The van der Waals surface area contributed by atoms with Gasteiger partial charge in [0.2, 0.25) is 0 Å². The Morgan fingerprint density at radius 2 is 1.86 bits per heavy atom. The lowest BCUT2D eigenvalue weighted by atomic mass is 9.98. The van der Waals surface area contributed by atoms with Gasteiger partial charge in [-0.25, -0.2) is 4.39 Å². The van der Waals surface area contributed by atoms with Crippen LogP contribution in [0, 0.1) is 5.82 Å². The third kappa shape index (κ3) is 3.28. The van der Waals surface area contributed by atoms with Gasteiger partial charge in [0.25, 0.3) is 0 Å². The van der Waals surface area contributed by atoms with Crippen molar-refractivity contribution in [3.8, 4) is 0 Å². The number of nitrogens with one attached hydrogen (secondary N) is 1. The lowest BCUT2D eigenvalue weighted by Crippen LogP contribution is -2.45. The van der Waals surface area contributed by atoms with Gasteiger partial charge in [0.05, 0.1) is 6.10 Å². The number of halogens is 1. The van der Waals surface area contributed by atoms with E-state index < -0.39 is 0 Å².